The first-order valence-corrected chi connectivity index (χ1v) is 9.39. The molecule has 2 amide bonds. The van der Waals surface area contributed by atoms with E-state index in [4.69, 9.17) is 14.2 Å². The quantitative estimate of drug-likeness (QED) is 0.669. The molecule has 0 heterocycles. The van der Waals surface area contributed by atoms with Gasteiger partial charge in [-0.1, -0.05) is 0 Å². The van der Waals surface area contributed by atoms with Crippen molar-refractivity contribution >= 4 is 12.2 Å². The molecule has 8 heteroatoms. The fourth-order valence-electron chi connectivity index (χ4n) is 2.01. The molecule has 2 fully saturated rings. The molecule has 0 radical (unpaired) electrons. The number of carbonyl (C=O) groups excluding carboxylic acids is 2. The van der Waals surface area contributed by atoms with Gasteiger partial charge in [0, 0.05) is 20.2 Å². The summed E-state index contributed by atoms with van der Waals surface area (Å²) in [6.07, 6.45) is 2.72. The minimum absolute atomic E-state index is 0.114. The molecule has 0 atom stereocenters. The van der Waals surface area contributed by atoms with E-state index >= 15 is 0 Å². The normalized spacial score (nSPS) is 19.1. The van der Waals surface area contributed by atoms with Crippen LogP contribution in [0.2, 0.25) is 0 Å². The second kappa shape index (κ2) is 8.65. The molecular formula is C19H36N2O6. The molecule has 3 N–H and O–H groups in total. The zero-order chi connectivity index (χ0) is 20.9. The fourth-order valence-corrected chi connectivity index (χ4v) is 2.01. The minimum Gasteiger partial charge on any atom is -0.444 e. The van der Waals surface area contributed by atoms with Crippen LogP contribution < -0.4 is 10.6 Å². The molecule has 2 saturated carbocycles. The molecule has 0 spiro atoms. The number of ether oxygens (including phenoxy) is 3. The molecule has 0 aliphatic heterocycles. The molecule has 0 saturated heterocycles. The van der Waals surface area contributed by atoms with Crippen molar-refractivity contribution in [3.63, 3.8) is 0 Å². The first-order chi connectivity index (χ1) is 12.2. The fraction of sp³-hybridized carbons (Fsp3) is 0.895. The number of carbonyl (C=O) groups is 2. The smallest absolute Gasteiger partial charge is 0.407 e. The van der Waals surface area contributed by atoms with Gasteiger partial charge in [0.1, 0.15) is 11.2 Å². The van der Waals surface area contributed by atoms with Crippen LogP contribution in [0.25, 0.3) is 0 Å². The Morgan fingerprint density at radius 1 is 0.852 bits per heavy atom. The van der Waals surface area contributed by atoms with E-state index in [1.807, 2.05) is 20.8 Å². The van der Waals surface area contributed by atoms with Crippen LogP contribution in [0.1, 0.15) is 67.2 Å². The maximum absolute atomic E-state index is 11.3. The summed E-state index contributed by atoms with van der Waals surface area (Å²) in [5.74, 6) is 0. The average Bonchev–Trinajstić information content (AvgIpc) is 3.39. The van der Waals surface area contributed by atoms with Crippen molar-refractivity contribution in [3.8, 4) is 0 Å². The highest BCUT2D eigenvalue weighted by molar-refractivity contribution is 5.68. The van der Waals surface area contributed by atoms with Gasteiger partial charge in [-0.25, -0.2) is 9.59 Å². The van der Waals surface area contributed by atoms with Crippen LogP contribution in [0.3, 0.4) is 0 Å². The highest BCUT2D eigenvalue weighted by Crippen LogP contribution is 2.38. The molecule has 0 bridgehead atoms. The van der Waals surface area contributed by atoms with Crippen LogP contribution in [0.5, 0.6) is 0 Å². The van der Waals surface area contributed by atoms with Crippen molar-refractivity contribution in [1.82, 2.24) is 10.6 Å². The van der Waals surface area contributed by atoms with Gasteiger partial charge in [0.25, 0.3) is 0 Å². The third-order valence-electron chi connectivity index (χ3n) is 3.98. The van der Waals surface area contributed by atoms with E-state index in [0.717, 1.165) is 25.7 Å². The van der Waals surface area contributed by atoms with Gasteiger partial charge in [-0.3, -0.25) is 0 Å². The van der Waals surface area contributed by atoms with Crippen molar-refractivity contribution in [2.45, 2.75) is 89.6 Å². The third-order valence-corrected chi connectivity index (χ3v) is 3.98. The van der Waals surface area contributed by atoms with E-state index in [1.165, 1.54) is 0 Å². The van der Waals surface area contributed by atoms with Crippen LogP contribution in [-0.4, -0.2) is 59.9 Å². The lowest BCUT2D eigenvalue weighted by molar-refractivity contribution is 0.0414. The van der Waals surface area contributed by atoms with E-state index in [0.29, 0.717) is 13.1 Å². The van der Waals surface area contributed by atoms with Crippen molar-refractivity contribution in [3.05, 3.63) is 0 Å². The van der Waals surface area contributed by atoms with E-state index < -0.39 is 22.9 Å². The lowest BCUT2D eigenvalue weighted by Gasteiger charge is -2.21. The average molecular weight is 389 g/mol. The SMILES string of the molecule is CC(C)(C)OC(=O)NCC1(O)CC1.COC1(CNC(=O)OC(C)(C)C)CC1. The number of alkyl carbamates (subject to hydrolysis) is 2. The Morgan fingerprint density at radius 3 is 1.56 bits per heavy atom. The van der Waals surface area contributed by atoms with Gasteiger partial charge in [0.2, 0.25) is 0 Å². The van der Waals surface area contributed by atoms with E-state index in [-0.39, 0.29) is 11.7 Å². The Kier molecular flexibility index (Phi) is 7.52. The number of nitrogens with one attached hydrogen (secondary N) is 2. The summed E-state index contributed by atoms with van der Waals surface area (Å²) in [7, 11) is 1.67. The van der Waals surface area contributed by atoms with Crippen molar-refractivity contribution < 1.29 is 28.9 Å². The lowest BCUT2D eigenvalue weighted by atomic mass is 10.2. The van der Waals surface area contributed by atoms with Gasteiger partial charge < -0.3 is 30.0 Å². The third kappa shape index (κ3) is 11.0. The van der Waals surface area contributed by atoms with Crippen molar-refractivity contribution in [2.75, 3.05) is 20.2 Å². The van der Waals surface area contributed by atoms with Crippen molar-refractivity contribution in [1.29, 1.82) is 0 Å². The van der Waals surface area contributed by atoms with Gasteiger partial charge in [-0.05, 0) is 67.2 Å². The number of aliphatic hydroxyl groups is 1. The number of amides is 2. The molecular weight excluding hydrogens is 352 g/mol. The Bertz CT molecular complexity index is 513. The maximum Gasteiger partial charge on any atom is 0.407 e. The summed E-state index contributed by atoms with van der Waals surface area (Å²) >= 11 is 0. The summed E-state index contributed by atoms with van der Waals surface area (Å²) in [4.78, 5) is 22.3. The molecule has 8 nitrogen and oxygen atoms in total. The highest BCUT2D eigenvalue weighted by Gasteiger charge is 2.43. The number of rotatable bonds is 5. The maximum atomic E-state index is 11.3. The summed E-state index contributed by atoms with van der Waals surface area (Å²) in [6, 6.07) is 0. The molecule has 0 aromatic rings. The number of hydrogen-bond donors (Lipinski definition) is 3. The summed E-state index contributed by atoms with van der Waals surface area (Å²) < 4.78 is 15.4. The molecule has 0 aromatic heterocycles. The van der Waals surface area contributed by atoms with Crippen LogP contribution in [0.4, 0.5) is 9.59 Å². The van der Waals surface area contributed by atoms with Gasteiger partial charge in [-0.2, -0.15) is 0 Å². The molecule has 158 valence electrons. The molecule has 2 rings (SSSR count). The van der Waals surface area contributed by atoms with Crippen molar-refractivity contribution in [2.24, 2.45) is 0 Å². The van der Waals surface area contributed by atoms with Crippen LogP contribution in [0.15, 0.2) is 0 Å². The van der Waals surface area contributed by atoms with E-state index in [1.54, 1.807) is 27.9 Å². The summed E-state index contributed by atoms with van der Waals surface area (Å²) in [6.45, 7) is 11.8. The Hall–Kier alpha value is -1.54. The predicted octanol–water partition coefficient (Wildman–Crippen LogP) is 2.73. The molecule has 27 heavy (non-hydrogen) atoms. The van der Waals surface area contributed by atoms with Gasteiger partial charge >= 0.3 is 12.2 Å². The summed E-state index contributed by atoms with van der Waals surface area (Å²) in [5, 5.41) is 14.6. The van der Waals surface area contributed by atoms with E-state index in [9.17, 15) is 14.7 Å². The Morgan fingerprint density at radius 2 is 1.26 bits per heavy atom. The zero-order valence-electron chi connectivity index (χ0n) is 17.7. The lowest BCUT2D eigenvalue weighted by Crippen LogP contribution is -2.38. The van der Waals surface area contributed by atoms with Crippen LogP contribution in [-0.2, 0) is 14.2 Å². The zero-order valence-corrected chi connectivity index (χ0v) is 17.7. The Balaban J connectivity index is 0.000000271. The standard InChI is InChI=1S/C10H19NO3.C9H17NO3/c1-9(2,3)14-8(12)11-7-10(13-4)5-6-10;1-8(2,3)13-7(11)10-6-9(12)4-5-9/h5-7H2,1-4H3,(H,11,12);12H,4-6H2,1-3H3,(H,10,11). The topological polar surface area (TPSA) is 106 Å². The number of hydrogen-bond acceptors (Lipinski definition) is 6. The van der Waals surface area contributed by atoms with Crippen LogP contribution >= 0.6 is 0 Å². The van der Waals surface area contributed by atoms with Gasteiger partial charge in [0.05, 0.1) is 11.2 Å². The van der Waals surface area contributed by atoms with Crippen LogP contribution in [0, 0.1) is 0 Å². The monoisotopic (exact) mass is 388 g/mol. The second-order valence-electron chi connectivity index (χ2n) is 9.32. The molecule has 2 aliphatic rings. The van der Waals surface area contributed by atoms with Gasteiger partial charge in [0.15, 0.2) is 0 Å². The molecule has 0 aromatic carbocycles. The molecule has 0 unspecified atom stereocenters. The summed E-state index contributed by atoms with van der Waals surface area (Å²) in [5.41, 5.74) is -1.68. The van der Waals surface area contributed by atoms with Gasteiger partial charge in [-0.15, -0.1) is 0 Å². The minimum atomic E-state index is -0.656. The first kappa shape index (κ1) is 23.5. The molecule has 2 aliphatic carbocycles. The second-order valence-corrected chi connectivity index (χ2v) is 9.32. The largest absolute Gasteiger partial charge is 0.444 e. The first-order valence-electron chi connectivity index (χ1n) is 9.39. The number of methoxy groups -OCH3 is 1. The van der Waals surface area contributed by atoms with E-state index in [2.05, 4.69) is 10.6 Å². The predicted molar refractivity (Wildman–Crippen MR) is 102 cm³/mol. The highest BCUT2D eigenvalue weighted by atomic mass is 16.6. The Labute approximate surface area is 162 Å².